The molecule has 3 N–H and O–H groups in total. The minimum absolute atomic E-state index is 0.0314. The van der Waals surface area contributed by atoms with Gasteiger partial charge in [0.2, 0.25) is 0 Å². The number of H-pyrrole nitrogens is 1. The van der Waals surface area contributed by atoms with E-state index < -0.39 is 5.97 Å². The van der Waals surface area contributed by atoms with Gasteiger partial charge in [-0.2, -0.15) is 0 Å². The molecular formula is C21H26N4O4. The summed E-state index contributed by atoms with van der Waals surface area (Å²) in [5, 5.41) is 4.67. The number of ether oxygens (including phenoxy) is 2. The maximum absolute atomic E-state index is 12.7. The number of carbonyl (C=O) groups excluding carboxylic acids is 1. The van der Waals surface area contributed by atoms with Crippen LogP contribution in [-0.2, 0) is 4.74 Å². The smallest absolute Gasteiger partial charge is 0.342 e. The van der Waals surface area contributed by atoms with Crippen LogP contribution >= 0.6 is 0 Å². The first kappa shape index (κ1) is 20.4. The van der Waals surface area contributed by atoms with Gasteiger partial charge in [-0.3, -0.25) is 0 Å². The number of aromatic nitrogens is 2. The van der Waals surface area contributed by atoms with Crippen molar-refractivity contribution in [1.29, 1.82) is 0 Å². The van der Waals surface area contributed by atoms with Gasteiger partial charge in [0.05, 0.1) is 25.0 Å². The van der Waals surface area contributed by atoms with E-state index in [1.807, 2.05) is 33.8 Å². The first-order valence-corrected chi connectivity index (χ1v) is 9.46. The molecule has 0 radical (unpaired) electrons. The molecule has 8 heteroatoms. The Kier molecular flexibility index (Phi) is 5.63. The SMILES string of the molecule is CCOC(=O)c1c(N=C(N)C(C)C)[nH]c2cc(-c3c(C)noc3C)c(OC)cc12. The lowest BCUT2D eigenvalue weighted by molar-refractivity contribution is 0.0530. The van der Waals surface area contributed by atoms with Crippen molar-refractivity contribution in [1.82, 2.24) is 10.1 Å². The van der Waals surface area contributed by atoms with E-state index in [1.54, 1.807) is 20.1 Å². The fraction of sp³-hybridized carbons (Fsp3) is 0.381. The quantitative estimate of drug-likeness (QED) is 0.364. The molecule has 0 aliphatic carbocycles. The molecule has 154 valence electrons. The van der Waals surface area contributed by atoms with E-state index in [1.165, 1.54) is 0 Å². The molecule has 1 aromatic carbocycles. The molecule has 2 heterocycles. The number of hydrogen-bond donors (Lipinski definition) is 2. The molecule has 0 bridgehead atoms. The largest absolute Gasteiger partial charge is 0.496 e. The van der Waals surface area contributed by atoms with Gasteiger partial charge in [-0.05, 0) is 32.9 Å². The summed E-state index contributed by atoms with van der Waals surface area (Å²) in [4.78, 5) is 20.4. The van der Waals surface area contributed by atoms with Crippen LogP contribution < -0.4 is 10.5 Å². The van der Waals surface area contributed by atoms with Crippen molar-refractivity contribution in [3.05, 3.63) is 29.2 Å². The van der Waals surface area contributed by atoms with E-state index in [-0.39, 0.29) is 12.5 Å². The molecule has 0 spiro atoms. The van der Waals surface area contributed by atoms with E-state index in [0.29, 0.717) is 39.6 Å². The predicted octanol–water partition coefficient (Wildman–Crippen LogP) is 4.27. The number of benzene rings is 1. The van der Waals surface area contributed by atoms with Crippen LogP contribution in [-0.4, -0.2) is 35.7 Å². The normalized spacial score (nSPS) is 12.0. The second kappa shape index (κ2) is 7.98. The van der Waals surface area contributed by atoms with Gasteiger partial charge in [0.25, 0.3) is 0 Å². The fourth-order valence-electron chi connectivity index (χ4n) is 3.19. The van der Waals surface area contributed by atoms with Crippen molar-refractivity contribution < 1.29 is 18.8 Å². The summed E-state index contributed by atoms with van der Waals surface area (Å²) >= 11 is 0. The number of carbonyl (C=O) groups is 1. The maximum Gasteiger partial charge on any atom is 0.342 e. The Morgan fingerprint density at radius 3 is 2.62 bits per heavy atom. The lowest BCUT2D eigenvalue weighted by atomic mass is 10.0. The highest BCUT2D eigenvalue weighted by atomic mass is 16.5. The van der Waals surface area contributed by atoms with Crippen LogP contribution in [0.5, 0.6) is 5.75 Å². The molecule has 3 aromatic rings. The second-order valence-corrected chi connectivity index (χ2v) is 7.06. The van der Waals surface area contributed by atoms with Gasteiger partial charge >= 0.3 is 5.97 Å². The van der Waals surface area contributed by atoms with E-state index in [4.69, 9.17) is 19.7 Å². The number of fused-ring (bicyclic) bond motifs is 1. The number of nitrogens with zero attached hydrogens (tertiary/aromatic N) is 2. The van der Waals surface area contributed by atoms with Crippen molar-refractivity contribution >= 4 is 28.5 Å². The Morgan fingerprint density at radius 2 is 2.07 bits per heavy atom. The number of aliphatic imine (C=N–C) groups is 1. The van der Waals surface area contributed by atoms with Crippen molar-refractivity contribution in [2.75, 3.05) is 13.7 Å². The molecule has 29 heavy (non-hydrogen) atoms. The summed E-state index contributed by atoms with van der Waals surface area (Å²) < 4.78 is 16.2. The van der Waals surface area contributed by atoms with Gasteiger partial charge in [-0.25, -0.2) is 9.79 Å². The standard InChI is InChI=1S/C21H26N4O4/c1-7-28-21(26)18-13-9-16(27-6)14(17-11(4)25-29-12(17)5)8-15(13)23-20(18)24-19(22)10(2)3/h8-10,23H,7H2,1-6H3,(H2,22,24). The van der Waals surface area contributed by atoms with Crippen molar-refractivity contribution in [3.8, 4) is 16.9 Å². The monoisotopic (exact) mass is 398 g/mol. The number of esters is 1. The second-order valence-electron chi connectivity index (χ2n) is 7.06. The average Bonchev–Trinajstić information content (AvgIpc) is 3.19. The summed E-state index contributed by atoms with van der Waals surface area (Å²) in [6, 6.07) is 3.69. The Balaban J connectivity index is 2.32. The number of amidine groups is 1. The third-order valence-corrected chi connectivity index (χ3v) is 4.71. The molecule has 0 amide bonds. The van der Waals surface area contributed by atoms with E-state index in [0.717, 1.165) is 16.8 Å². The summed E-state index contributed by atoms with van der Waals surface area (Å²) in [7, 11) is 1.58. The lowest BCUT2D eigenvalue weighted by Gasteiger charge is -2.09. The summed E-state index contributed by atoms with van der Waals surface area (Å²) in [5.41, 5.74) is 9.49. The molecule has 3 rings (SSSR count). The van der Waals surface area contributed by atoms with Crippen molar-refractivity contribution in [2.45, 2.75) is 34.6 Å². The first-order chi connectivity index (χ1) is 13.8. The summed E-state index contributed by atoms with van der Waals surface area (Å²) in [6.45, 7) is 9.59. The molecule has 0 fully saturated rings. The lowest BCUT2D eigenvalue weighted by Crippen LogP contribution is -2.18. The molecule has 0 saturated heterocycles. The molecular weight excluding hydrogens is 372 g/mol. The predicted molar refractivity (Wildman–Crippen MR) is 112 cm³/mol. The van der Waals surface area contributed by atoms with Crippen LogP contribution in [0.15, 0.2) is 21.6 Å². The third kappa shape index (κ3) is 3.70. The number of aromatic amines is 1. The minimum atomic E-state index is -0.471. The number of nitrogens with two attached hydrogens (primary N) is 1. The van der Waals surface area contributed by atoms with E-state index in [2.05, 4.69) is 15.1 Å². The Hall–Kier alpha value is -3.29. The molecule has 0 aliphatic heterocycles. The highest BCUT2D eigenvalue weighted by Gasteiger charge is 2.24. The van der Waals surface area contributed by atoms with E-state index in [9.17, 15) is 4.79 Å². The Bertz CT molecular complexity index is 1070. The van der Waals surface area contributed by atoms with Crippen LogP contribution in [0.4, 0.5) is 5.82 Å². The molecule has 0 aliphatic rings. The first-order valence-electron chi connectivity index (χ1n) is 9.46. The van der Waals surface area contributed by atoms with Crippen molar-refractivity contribution in [3.63, 3.8) is 0 Å². The topological polar surface area (TPSA) is 116 Å². The van der Waals surface area contributed by atoms with Gasteiger partial charge in [-0.1, -0.05) is 19.0 Å². The average molecular weight is 398 g/mol. The van der Waals surface area contributed by atoms with Crippen LogP contribution in [0, 0.1) is 19.8 Å². The molecule has 8 nitrogen and oxygen atoms in total. The van der Waals surface area contributed by atoms with Gasteiger partial charge in [-0.15, -0.1) is 0 Å². The number of rotatable bonds is 6. The van der Waals surface area contributed by atoms with E-state index >= 15 is 0 Å². The third-order valence-electron chi connectivity index (χ3n) is 4.71. The van der Waals surface area contributed by atoms with Crippen LogP contribution in [0.2, 0.25) is 0 Å². The highest BCUT2D eigenvalue weighted by Crippen LogP contribution is 2.40. The van der Waals surface area contributed by atoms with Crippen LogP contribution in [0.1, 0.15) is 42.6 Å². The molecule has 0 saturated carbocycles. The Morgan fingerprint density at radius 1 is 1.34 bits per heavy atom. The number of methoxy groups -OCH3 is 1. The fourth-order valence-corrected chi connectivity index (χ4v) is 3.19. The Labute approximate surface area is 169 Å². The van der Waals surface area contributed by atoms with Gasteiger partial charge in [0.15, 0.2) is 0 Å². The van der Waals surface area contributed by atoms with Gasteiger partial charge in [0.1, 0.15) is 28.7 Å². The molecule has 0 atom stereocenters. The zero-order chi connectivity index (χ0) is 21.3. The summed E-state index contributed by atoms with van der Waals surface area (Å²) in [5.74, 6) is 1.61. The van der Waals surface area contributed by atoms with Gasteiger partial charge in [0, 0.05) is 22.4 Å². The number of aryl methyl sites for hydroxylation is 2. The van der Waals surface area contributed by atoms with Crippen LogP contribution in [0.25, 0.3) is 22.0 Å². The summed E-state index contributed by atoms with van der Waals surface area (Å²) in [6.07, 6.45) is 0. The number of hydrogen-bond acceptors (Lipinski definition) is 6. The molecule has 2 aromatic heterocycles. The molecule has 0 unspecified atom stereocenters. The highest BCUT2D eigenvalue weighted by molar-refractivity contribution is 6.11. The zero-order valence-corrected chi connectivity index (χ0v) is 17.5. The van der Waals surface area contributed by atoms with Gasteiger partial charge < -0.3 is 24.7 Å². The van der Waals surface area contributed by atoms with Crippen LogP contribution in [0.3, 0.4) is 0 Å². The zero-order valence-electron chi connectivity index (χ0n) is 17.5. The minimum Gasteiger partial charge on any atom is -0.496 e. The number of nitrogens with one attached hydrogen (secondary N) is 1. The maximum atomic E-state index is 12.7. The van der Waals surface area contributed by atoms with Crippen molar-refractivity contribution in [2.24, 2.45) is 16.6 Å².